The Labute approximate surface area is 155 Å². The second kappa shape index (κ2) is 11.1. The summed E-state index contributed by atoms with van der Waals surface area (Å²) in [5.41, 5.74) is 1.00. The van der Waals surface area contributed by atoms with Gasteiger partial charge in [0, 0.05) is 25.6 Å². The summed E-state index contributed by atoms with van der Waals surface area (Å²) < 4.78 is 0. The van der Waals surface area contributed by atoms with E-state index < -0.39 is 0 Å². The summed E-state index contributed by atoms with van der Waals surface area (Å²) in [4.78, 5) is 25.8. The summed E-state index contributed by atoms with van der Waals surface area (Å²) in [6.45, 7) is 0.960. The first kappa shape index (κ1) is 19.8. The van der Waals surface area contributed by atoms with Crippen molar-refractivity contribution in [2.45, 2.75) is 57.5 Å². The van der Waals surface area contributed by atoms with Crippen molar-refractivity contribution in [3.63, 3.8) is 0 Å². The molecule has 0 aromatic heterocycles. The van der Waals surface area contributed by atoms with Gasteiger partial charge in [0.05, 0.1) is 6.07 Å². The number of urea groups is 1. The highest BCUT2D eigenvalue weighted by Gasteiger charge is 2.16. The number of amides is 3. The fourth-order valence-corrected chi connectivity index (χ4v) is 3.20. The van der Waals surface area contributed by atoms with E-state index in [9.17, 15) is 9.59 Å². The minimum absolute atomic E-state index is 0.0649. The number of carbonyl (C=O) groups excluding carboxylic acids is 2. The van der Waals surface area contributed by atoms with Crippen LogP contribution in [0.2, 0.25) is 0 Å². The predicted octanol–water partition coefficient (Wildman–Crippen LogP) is 2.95. The number of carbonyl (C=O) groups is 2. The molecule has 0 unspecified atom stereocenters. The lowest BCUT2D eigenvalue weighted by atomic mass is 9.96. The highest BCUT2D eigenvalue weighted by Crippen LogP contribution is 2.17. The summed E-state index contributed by atoms with van der Waals surface area (Å²) in [5.74, 6) is -0.0649. The van der Waals surface area contributed by atoms with Crippen molar-refractivity contribution in [3.05, 3.63) is 35.9 Å². The molecule has 2 N–H and O–H groups in total. The first-order valence-corrected chi connectivity index (χ1v) is 9.42. The average molecular weight is 356 g/mol. The second-order valence-electron chi connectivity index (χ2n) is 6.73. The first-order chi connectivity index (χ1) is 12.7. The van der Waals surface area contributed by atoms with Gasteiger partial charge in [-0.15, -0.1) is 0 Å². The molecular formula is C20H28N4O2. The summed E-state index contributed by atoms with van der Waals surface area (Å²) in [6.07, 6.45) is 6.59. The molecule has 6 heteroatoms. The van der Waals surface area contributed by atoms with E-state index in [0.717, 1.165) is 18.4 Å². The molecule has 0 radical (unpaired) electrons. The van der Waals surface area contributed by atoms with Crippen LogP contribution in [0.4, 0.5) is 4.79 Å². The molecule has 0 aliphatic heterocycles. The zero-order valence-electron chi connectivity index (χ0n) is 15.2. The van der Waals surface area contributed by atoms with Crippen LogP contribution in [0.1, 0.15) is 50.5 Å². The van der Waals surface area contributed by atoms with E-state index in [0.29, 0.717) is 25.9 Å². The van der Waals surface area contributed by atoms with Gasteiger partial charge in [-0.25, -0.2) is 4.79 Å². The first-order valence-electron chi connectivity index (χ1n) is 9.42. The summed E-state index contributed by atoms with van der Waals surface area (Å²) in [5, 5.41) is 14.8. The zero-order valence-corrected chi connectivity index (χ0v) is 15.2. The summed E-state index contributed by atoms with van der Waals surface area (Å²) >= 11 is 0. The Hall–Kier alpha value is -2.55. The third-order valence-corrected chi connectivity index (χ3v) is 4.62. The molecule has 1 aromatic rings. The standard InChI is InChI=1S/C20H28N4O2/c21-13-15-24(16-17-8-3-1-4-9-17)19(25)12-7-14-22-20(26)23-18-10-5-2-6-11-18/h1,3-4,8-9,18H,2,5-7,10-12,14-16H2,(H2,22,23,26). The van der Waals surface area contributed by atoms with E-state index in [1.54, 1.807) is 4.90 Å². The molecule has 1 saturated carbocycles. The van der Waals surface area contributed by atoms with Crippen LogP contribution in [0.15, 0.2) is 30.3 Å². The normalized spacial score (nSPS) is 14.3. The topological polar surface area (TPSA) is 85.2 Å². The molecule has 140 valence electrons. The van der Waals surface area contributed by atoms with Crippen LogP contribution >= 0.6 is 0 Å². The monoisotopic (exact) mass is 356 g/mol. The summed E-state index contributed by atoms with van der Waals surface area (Å²) in [6, 6.07) is 11.8. The molecule has 0 spiro atoms. The van der Waals surface area contributed by atoms with E-state index in [4.69, 9.17) is 5.26 Å². The number of hydrogen-bond acceptors (Lipinski definition) is 3. The number of rotatable bonds is 8. The zero-order chi connectivity index (χ0) is 18.6. The average Bonchev–Trinajstić information content (AvgIpc) is 2.66. The Morgan fingerprint density at radius 2 is 1.88 bits per heavy atom. The Morgan fingerprint density at radius 3 is 2.58 bits per heavy atom. The third kappa shape index (κ3) is 7.14. The van der Waals surface area contributed by atoms with Crippen LogP contribution in [0, 0.1) is 11.3 Å². The van der Waals surface area contributed by atoms with Crippen molar-refractivity contribution in [2.75, 3.05) is 13.1 Å². The third-order valence-electron chi connectivity index (χ3n) is 4.62. The van der Waals surface area contributed by atoms with E-state index >= 15 is 0 Å². The molecule has 0 saturated heterocycles. The van der Waals surface area contributed by atoms with Crippen molar-refractivity contribution >= 4 is 11.9 Å². The molecule has 3 amide bonds. The van der Waals surface area contributed by atoms with Gasteiger partial charge in [0.1, 0.15) is 6.54 Å². The van der Waals surface area contributed by atoms with Gasteiger partial charge in [-0.3, -0.25) is 4.79 Å². The molecule has 1 aliphatic rings. The Kier molecular flexibility index (Phi) is 8.47. The van der Waals surface area contributed by atoms with Crippen LogP contribution in [0.5, 0.6) is 0 Å². The molecule has 0 bridgehead atoms. The fraction of sp³-hybridized carbons (Fsp3) is 0.550. The van der Waals surface area contributed by atoms with Gasteiger partial charge in [0.2, 0.25) is 5.91 Å². The highest BCUT2D eigenvalue weighted by molar-refractivity contribution is 5.77. The highest BCUT2D eigenvalue weighted by atomic mass is 16.2. The second-order valence-corrected chi connectivity index (χ2v) is 6.73. The number of nitrogens with one attached hydrogen (secondary N) is 2. The molecule has 6 nitrogen and oxygen atoms in total. The lowest BCUT2D eigenvalue weighted by molar-refractivity contribution is -0.131. The smallest absolute Gasteiger partial charge is 0.315 e. The fourth-order valence-electron chi connectivity index (χ4n) is 3.20. The van der Waals surface area contributed by atoms with Gasteiger partial charge in [-0.05, 0) is 24.8 Å². The quantitative estimate of drug-likeness (QED) is 0.555. The molecule has 1 aliphatic carbocycles. The van der Waals surface area contributed by atoms with Gasteiger partial charge in [-0.1, -0.05) is 49.6 Å². The molecule has 26 heavy (non-hydrogen) atoms. The van der Waals surface area contributed by atoms with Crippen molar-refractivity contribution in [1.29, 1.82) is 5.26 Å². The number of nitriles is 1. The van der Waals surface area contributed by atoms with Gasteiger partial charge in [0.25, 0.3) is 0 Å². The maximum Gasteiger partial charge on any atom is 0.315 e. The van der Waals surface area contributed by atoms with Crippen LogP contribution in [0.3, 0.4) is 0 Å². The van der Waals surface area contributed by atoms with Crippen LogP contribution < -0.4 is 10.6 Å². The molecule has 1 fully saturated rings. The summed E-state index contributed by atoms with van der Waals surface area (Å²) in [7, 11) is 0. The van der Waals surface area contributed by atoms with Gasteiger partial charge >= 0.3 is 6.03 Å². The molecule has 2 rings (SSSR count). The van der Waals surface area contributed by atoms with Crippen molar-refractivity contribution < 1.29 is 9.59 Å². The van der Waals surface area contributed by atoms with E-state index in [-0.39, 0.29) is 24.5 Å². The van der Waals surface area contributed by atoms with Crippen molar-refractivity contribution in [2.24, 2.45) is 0 Å². The number of nitrogens with zero attached hydrogens (tertiary/aromatic N) is 2. The van der Waals surface area contributed by atoms with E-state index in [1.807, 2.05) is 36.4 Å². The van der Waals surface area contributed by atoms with Gasteiger partial charge in [-0.2, -0.15) is 5.26 Å². The molecular weight excluding hydrogens is 328 g/mol. The molecule has 0 atom stereocenters. The minimum Gasteiger partial charge on any atom is -0.338 e. The van der Waals surface area contributed by atoms with Crippen LogP contribution in [-0.4, -0.2) is 36.0 Å². The van der Waals surface area contributed by atoms with Crippen LogP contribution in [0.25, 0.3) is 0 Å². The predicted molar refractivity (Wildman–Crippen MR) is 100 cm³/mol. The van der Waals surface area contributed by atoms with Crippen molar-refractivity contribution in [3.8, 4) is 6.07 Å². The van der Waals surface area contributed by atoms with Gasteiger partial charge < -0.3 is 15.5 Å². The minimum atomic E-state index is -0.150. The molecule has 1 aromatic carbocycles. The number of hydrogen-bond donors (Lipinski definition) is 2. The van der Waals surface area contributed by atoms with E-state index in [1.165, 1.54) is 19.3 Å². The molecule has 0 heterocycles. The maximum absolute atomic E-state index is 12.3. The lowest BCUT2D eigenvalue weighted by Crippen LogP contribution is -2.43. The van der Waals surface area contributed by atoms with Crippen LogP contribution in [-0.2, 0) is 11.3 Å². The Bertz CT molecular complexity index is 606. The lowest BCUT2D eigenvalue weighted by Gasteiger charge is -2.23. The van der Waals surface area contributed by atoms with Gasteiger partial charge in [0.15, 0.2) is 0 Å². The Balaban J connectivity index is 1.67. The Morgan fingerprint density at radius 1 is 1.15 bits per heavy atom. The van der Waals surface area contributed by atoms with E-state index in [2.05, 4.69) is 10.6 Å². The van der Waals surface area contributed by atoms with Crippen molar-refractivity contribution in [1.82, 2.24) is 15.5 Å². The largest absolute Gasteiger partial charge is 0.338 e. The number of benzene rings is 1. The maximum atomic E-state index is 12.3. The SMILES string of the molecule is N#CCN(Cc1ccccc1)C(=O)CCCNC(=O)NC1CCCCC1.